The van der Waals surface area contributed by atoms with Crippen molar-refractivity contribution in [3.05, 3.63) is 83.4 Å². The molecule has 8 nitrogen and oxygen atoms in total. The Kier molecular flexibility index (Phi) is 7.67. The number of anilines is 1. The van der Waals surface area contributed by atoms with Crippen LogP contribution in [0.1, 0.15) is 37.9 Å². The summed E-state index contributed by atoms with van der Waals surface area (Å²) in [6.45, 7) is 6.80. The maximum atomic E-state index is 13.4. The maximum Gasteiger partial charge on any atom is 0.300 e. The van der Waals surface area contributed by atoms with Gasteiger partial charge < -0.3 is 24.4 Å². The monoisotopic (exact) mass is 503 g/mol. The van der Waals surface area contributed by atoms with Gasteiger partial charge in [0.15, 0.2) is 11.5 Å². The number of ketones is 1. The molecule has 0 spiro atoms. The van der Waals surface area contributed by atoms with Gasteiger partial charge in [-0.1, -0.05) is 6.07 Å². The predicted octanol–water partition coefficient (Wildman–Crippen LogP) is 5.21. The third kappa shape index (κ3) is 5.09. The van der Waals surface area contributed by atoms with Crippen LogP contribution in [0.2, 0.25) is 0 Å². The fourth-order valence-electron chi connectivity index (χ4n) is 4.29. The van der Waals surface area contributed by atoms with Gasteiger partial charge in [-0.15, -0.1) is 0 Å². The van der Waals surface area contributed by atoms with Crippen molar-refractivity contribution >= 4 is 23.1 Å². The highest BCUT2D eigenvalue weighted by atomic mass is 16.5. The van der Waals surface area contributed by atoms with Crippen LogP contribution >= 0.6 is 0 Å². The number of aliphatic hydroxyl groups excluding tert-OH is 1. The number of carbonyl (C=O) groups excluding carboxylic acids is 2. The fraction of sp³-hybridized carbons (Fsp3) is 0.241. The van der Waals surface area contributed by atoms with E-state index in [4.69, 9.17) is 14.2 Å². The largest absolute Gasteiger partial charge is 0.507 e. The van der Waals surface area contributed by atoms with Gasteiger partial charge in [0.1, 0.15) is 17.3 Å². The Hall–Kier alpha value is -4.46. The zero-order valence-electron chi connectivity index (χ0n) is 20.9. The molecule has 192 valence electrons. The Morgan fingerprint density at radius 2 is 1.38 bits per heavy atom. The van der Waals surface area contributed by atoms with E-state index in [1.165, 1.54) is 11.0 Å². The quantitative estimate of drug-likeness (QED) is 0.234. The second-order valence-corrected chi connectivity index (χ2v) is 8.21. The van der Waals surface area contributed by atoms with Gasteiger partial charge >= 0.3 is 0 Å². The summed E-state index contributed by atoms with van der Waals surface area (Å²) in [6.07, 6.45) is 0. The van der Waals surface area contributed by atoms with Gasteiger partial charge in [0.2, 0.25) is 0 Å². The van der Waals surface area contributed by atoms with Gasteiger partial charge in [-0.05, 0) is 87.0 Å². The van der Waals surface area contributed by atoms with Crippen molar-refractivity contribution < 1.29 is 34.0 Å². The Morgan fingerprint density at radius 1 is 0.811 bits per heavy atom. The second-order valence-electron chi connectivity index (χ2n) is 8.21. The molecule has 37 heavy (non-hydrogen) atoms. The van der Waals surface area contributed by atoms with Crippen LogP contribution in [0, 0.1) is 0 Å². The lowest BCUT2D eigenvalue weighted by atomic mass is 9.94. The molecule has 8 heteroatoms. The smallest absolute Gasteiger partial charge is 0.300 e. The Morgan fingerprint density at radius 3 is 1.95 bits per heavy atom. The summed E-state index contributed by atoms with van der Waals surface area (Å²) < 4.78 is 16.5. The van der Waals surface area contributed by atoms with Crippen molar-refractivity contribution in [1.82, 2.24) is 0 Å². The number of phenols is 1. The van der Waals surface area contributed by atoms with Crippen molar-refractivity contribution in [3.63, 3.8) is 0 Å². The number of amides is 1. The van der Waals surface area contributed by atoms with E-state index in [1.807, 2.05) is 13.8 Å². The van der Waals surface area contributed by atoms with Crippen LogP contribution in [0.3, 0.4) is 0 Å². The van der Waals surface area contributed by atoms with E-state index in [0.717, 1.165) is 0 Å². The van der Waals surface area contributed by atoms with Crippen molar-refractivity contribution in [3.8, 4) is 23.0 Å². The molecule has 3 aromatic carbocycles. The summed E-state index contributed by atoms with van der Waals surface area (Å²) in [7, 11) is 0. The Bertz CT molecular complexity index is 1310. The van der Waals surface area contributed by atoms with Gasteiger partial charge in [-0.25, -0.2) is 0 Å². The average molecular weight is 504 g/mol. The number of ether oxygens (including phenoxy) is 3. The number of hydrogen-bond donors (Lipinski definition) is 2. The molecule has 0 radical (unpaired) electrons. The molecule has 1 atom stereocenters. The van der Waals surface area contributed by atoms with E-state index < -0.39 is 17.7 Å². The van der Waals surface area contributed by atoms with Crippen LogP contribution < -0.4 is 19.1 Å². The lowest BCUT2D eigenvalue weighted by molar-refractivity contribution is -0.132. The maximum absolute atomic E-state index is 13.4. The first-order chi connectivity index (χ1) is 17.9. The SMILES string of the molecule is CCOc1ccc(/C(O)=C2/C(=O)C(=O)N(c3ccc(OCC)cc3)C2c2ccc(O)c(OCC)c2)cc1. The molecule has 0 aromatic heterocycles. The molecule has 3 aromatic rings. The number of benzene rings is 3. The first-order valence-corrected chi connectivity index (χ1v) is 12.1. The first-order valence-electron chi connectivity index (χ1n) is 12.1. The Balaban J connectivity index is 1.88. The average Bonchev–Trinajstić information content (AvgIpc) is 3.16. The van der Waals surface area contributed by atoms with Crippen LogP contribution in [0.25, 0.3) is 5.76 Å². The Labute approximate surface area is 215 Å². The van der Waals surface area contributed by atoms with E-state index in [0.29, 0.717) is 48.1 Å². The molecule has 1 amide bonds. The molecular formula is C29H29NO7. The molecule has 1 unspecified atom stereocenters. The zero-order chi connectivity index (χ0) is 26.5. The molecule has 1 saturated heterocycles. The lowest BCUT2D eigenvalue weighted by Crippen LogP contribution is -2.29. The number of carbonyl (C=O) groups is 2. The molecule has 0 aliphatic carbocycles. The van der Waals surface area contributed by atoms with Crippen molar-refractivity contribution in [2.45, 2.75) is 26.8 Å². The van der Waals surface area contributed by atoms with E-state index in [1.54, 1.807) is 67.6 Å². The standard InChI is InChI=1S/C29H29NO7/c1-4-35-21-12-7-18(8-13-21)27(32)25-26(19-9-16-23(31)24(17-19)37-6-3)30(29(34)28(25)33)20-10-14-22(15-11-20)36-5-2/h7-17,26,31-32H,4-6H2,1-3H3/b27-25-. The third-order valence-corrected chi connectivity index (χ3v) is 5.91. The summed E-state index contributed by atoms with van der Waals surface area (Å²) in [5.74, 6) is -0.550. The molecule has 1 aliphatic heterocycles. The highest BCUT2D eigenvalue weighted by Gasteiger charge is 2.47. The number of phenolic OH excluding ortho intramolecular Hbond substituents is 1. The highest BCUT2D eigenvalue weighted by Crippen LogP contribution is 2.44. The number of aliphatic hydroxyl groups is 1. The number of aromatic hydroxyl groups is 1. The molecule has 0 saturated carbocycles. The first kappa shape index (κ1) is 25.6. The minimum atomic E-state index is -0.968. The minimum absolute atomic E-state index is 0.0730. The summed E-state index contributed by atoms with van der Waals surface area (Å²) in [4.78, 5) is 28.1. The van der Waals surface area contributed by atoms with Gasteiger partial charge in [-0.3, -0.25) is 14.5 Å². The lowest BCUT2D eigenvalue weighted by Gasteiger charge is -2.26. The molecular weight excluding hydrogens is 474 g/mol. The van der Waals surface area contributed by atoms with Gasteiger partial charge in [0, 0.05) is 11.3 Å². The number of nitrogens with zero attached hydrogens (tertiary/aromatic N) is 1. The molecule has 1 fully saturated rings. The van der Waals surface area contributed by atoms with Gasteiger partial charge in [0.25, 0.3) is 11.7 Å². The number of Topliss-reactive ketones (excluding diaryl/α,β-unsaturated/α-hetero) is 1. The normalized spacial score (nSPS) is 16.6. The van der Waals surface area contributed by atoms with Crippen molar-refractivity contribution in [1.29, 1.82) is 0 Å². The van der Waals surface area contributed by atoms with Crippen LogP contribution in [0.5, 0.6) is 23.0 Å². The zero-order valence-corrected chi connectivity index (χ0v) is 20.9. The van der Waals surface area contributed by atoms with E-state index in [2.05, 4.69) is 0 Å². The summed E-state index contributed by atoms with van der Waals surface area (Å²) in [6, 6.07) is 17.1. The molecule has 4 rings (SSSR count). The molecule has 2 N–H and O–H groups in total. The van der Waals surface area contributed by atoms with Crippen LogP contribution in [0.4, 0.5) is 5.69 Å². The molecule has 1 aliphatic rings. The topological polar surface area (TPSA) is 106 Å². The summed E-state index contributed by atoms with van der Waals surface area (Å²) in [5.41, 5.74) is 1.23. The second kappa shape index (κ2) is 11.1. The van der Waals surface area contributed by atoms with Crippen molar-refractivity contribution in [2.75, 3.05) is 24.7 Å². The van der Waals surface area contributed by atoms with Crippen LogP contribution in [-0.2, 0) is 9.59 Å². The van der Waals surface area contributed by atoms with Crippen LogP contribution in [-0.4, -0.2) is 41.7 Å². The summed E-state index contributed by atoms with van der Waals surface area (Å²) >= 11 is 0. The molecule has 0 bridgehead atoms. The number of hydrogen-bond acceptors (Lipinski definition) is 7. The number of rotatable bonds is 9. The summed E-state index contributed by atoms with van der Waals surface area (Å²) in [5, 5.41) is 21.5. The van der Waals surface area contributed by atoms with Crippen molar-refractivity contribution in [2.24, 2.45) is 0 Å². The van der Waals surface area contributed by atoms with Crippen LogP contribution in [0.15, 0.2) is 72.3 Å². The minimum Gasteiger partial charge on any atom is -0.507 e. The fourth-order valence-corrected chi connectivity index (χ4v) is 4.29. The van der Waals surface area contributed by atoms with E-state index >= 15 is 0 Å². The van der Waals surface area contributed by atoms with Gasteiger partial charge in [-0.2, -0.15) is 0 Å². The van der Waals surface area contributed by atoms with Gasteiger partial charge in [0.05, 0.1) is 31.4 Å². The van der Waals surface area contributed by atoms with E-state index in [-0.39, 0.29) is 22.8 Å². The van der Waals surface area contributed by atoms with E-state index in [9.17, 15) is 19.8 Å². The third-order valence-electron chi connectivity index (χ3n) is 5.91. The molecule has 1 heterocycles. The highest BCUT2D eigenvalue weighted by molar-refractivity contribution is 6.51. The predicted molar refractivity (Wildman–Crippen MR) is 139 cm³/mol.